The van der Waals surface area contributed by atoms with Crippen LogP contribution >= 0.6 is 0 Å². The van der Waals surface area contributed by atoms with E-state index in [0.717, 1.165) is 0 Å². The van der Waals surface area contributed by atoms with Crippen molar-refractivity contribution in [3.8, 4) is 0 Å². The van der Waals surface area contributed by atoms with E-state index in [9.17, 15) is 0 Å². The Morgan fingerprint density at radius 1 is 1.82 bits per heavy atom. The Bertz CT molecular complexity index is 218. The first-order valence-electron chi connectivity index (χ1n) is 3.12. The van der Waals surface area contributed by atoms with Crippen LogP contribution < -0.4 is 0 Å². The van der Waals surface area contributed by atoms with Gasteiger partial charge in [0, 0.05) is 13.2 Å². The minimum Gasteiger partial charge on any atom is -0.365 e. The first-order valence-corrected chi connectivity index (χ1v) is 3.12. The number of ether oxygens (including phenoxy) is 1. The van der Waals surface area contributed by atoms with Crippen LogP contribution in [0.15, 0.2) is 22.9 Å². The first kappa shape index (κ1) is 7.97. The molecule has 0 bridgehead atoms. The van der Waals surface area contributed by atoms with Gasteiger partial charge in [-0.1, -0.05) is 5.16 Å². The van der Waals surface area contributed by atoms with E-state index >= 15 is 0 Å². The number of aliphatic hydroxyl groups is 1. The summed E-state index contributed by atoms with van der Waals surface area (Å²) in [6, 6.07) is 1.68. The highest BCUT2D eigenvalue weighted by Gasteiger charge is 1.94. The lowest BCUT2D eigenvalue weighted by Gasteiger charge is -1.98. The van der Waals surface area contributed by atoms with Gasteiger partial charge in [-0.2, -0.15) is 0 Å². The molecule has 1 N–H and O–H groups in total. The van der Waals surface area contributed by atoms with Gasteiger partial charge < -0.3 is 14.4 Å². The molecule has 1 heterocycles. The molecule has 0 radical (unpaired) electrons. The van der Waals surface area contributed by atoms with E-state index in [-0.39, 0.29) is 0 Å². The third-order valence-corrected chi connectivity index (χ3v) is 1.12. The average Bonchev–Trinajstić information content (AvgIpc) is 2.52. The Morgan fingerprint density at radius 3 is 3.18 bits per heavy atom. The van der Waals surface area contributed by atoms with Gasteiger partial charge in [0.05, 0.1) is 6.20 Å². The molecule has 0 spiro atoms. The van der Waals surface area contributed by atoms with E-state index in [1.165, 1.54) is 19.4 Å². The summed E-state index contributed by atoms with van der Waals surface area (Å²) in [7, 11) is 1.41. The van der Waals surface area contributed by atoms with E-state index in [1.54, 1.807) is 12.1 Å². The summed E-state index contributed by atoms with van der Waals surface area (Å²) in [6.07, 6.45) is 3.68. The van der Waals surface area contributed by atoms with Crippen LogP contribution in [0.1, 0.15) is 5.76 Å². The molecule has 1 aromatic rings. The third kappa shape index (κ3) is 2.53. The lowest BCUT2D eigenvalue weighted by Crippen LogP contribution is -2.02. The summed E-state index contributed by atoms with van der Waals surface area (Å²) in [5.74, 6) is 0.584. The Hall–Kier alpha value is -1.13. The molecule has 0 aliphatic heterocycles. The van der Waals surface area contributed by atoms with E-state index in [0.29, 0.717) is 5.76 Å². The second-order valence-corrected chi connectivity index (χ2v) is 1.90. The standard InChI is InChI=1S/C7H9NO3/c1-10-7(9)3-2-6-4-5-8-11-6/h2-5,7,9H,1H3/b3-2+. The maximum Gasteiger partial charge on any atom is 0.174 e. The molecule has 0 aliphatic carbocycles. The van der Waals surface area contributed by atoms with Gasteiger partial charge in [0.1, 0.15) is 0 Å². The summed E-state index contributed by atoms with van der Waals surface area (Å²) in [5.41, 5.74) is 0. The summed E-state index contributed by atoms with van der Waals surface area (Å²) in [6.45, 7) is 0. The van der Waals surface area contributed by atoms with Crippen molar-refractivity contribution in [2.24, 2.45) is 0 Å². The topological polar surface area (TPSA) is 55.5 Å². The van der Waals surface area contributed by atoms with Crippen LogP contribution in [0.5, 0.6) is 0 Å². The quantitative estimate of drug-likeness (QED) is 0.651. The van der Waals surface area contributed by atoms with Gasteiger partial charge in [-0.3, -0.25) is 0 Å². The molecule has 4 nitrogen and oxygen atoms in total. The van der Waals surface area contributed by atoms with Gasteiger partial charge in [-0.25, -0.2) is 0 Å². The van der Waals surface area contributed by atoms with Crippen molar-refractivity contribution in [1.82, 2.24) is 5.16 Å². The zero-order chi connectivity index (χ0) is 8.10. The van der Waals surface area contributed by atoms with Crippen molar-refractivity contribution >= 4 is 6.08 Å². The molecule has 0 aromatic carbocycles. The summed E-state index contributed by atoms with van der Waals surface area (Å²) < 4.78 is 9.28. The van der Waals surface area contributed by atoms with Crippen LogP contribution in [-0.4, -0.2) is 23.7 Å². The molecule has 0 saturated heterocycles. The lowest BCUT2D eigenvalue weighted by atomic mass is 10.4. The Balaban J connectivity index is 2.48. The van der Waals surface area contributed by atoms with Crippen LogP contribution in [0.2, 0.25) is 0 Å². The summed E-state index contributed by atoms with van der Waals surface area (Å²) in [4.78, 5) is 0. The highest BCUT2D eigenvalue weighted by Crippen LogP contribution is 2.00. The molecule has 1 rings (SSSR count). The van der Waals surface area contributed by atoms with E-state index in [2.05, 4.69) is 9.89 Å². The first-order chi connectivity index (χ1) is 5.33. The Morgan fingerprint density at radius 2 is 2.64 bits per heavy atom. The minimum absolute atomic E-state index is 0.584. The molecule has 1 atom stereocenters. The maximum atomic E-state index is 8.89. The fourth-order valence-corrected chi connectivity index (χ4v) is 0.567. The molecular formula is C7H9NO3. The Kier molecular flexibility index (Phi) is 2.83. The minimum atomic E-state index is -0.889. The van der Waals surface area contributed by atoms with Crippen molar-refractivity contribution in [3.63, 3.8) is 0 Å². The fraction of sp³-hybridized carbons (Fsp3) is 0.286. The molecule has 4 heteroatoms. The number of hydrogen-bond acceptors (Lipinski definition) is 4. The van der Waals surface area contributed by atoms with Crippen molar-refractivity contribution in [3.05, 3.63) is 24.1 Å². The predicted molar refractivity (Wildman–Crippen MR) is 38.6 cm³/mol. The van der Waals surface area contributed by atoms with E-state index < -0.39 is 6.29 Å². The molecule has 1 aromatic heterocycles. The number of methoxy groups -OCH3 is 1. The molecule has 0 fully saturated rings. The van der Waals surface area contributed by atoms with Crippen LogP contribution in [0.25, 0.3) is 6.08 Å². The lowest BCUT2D eigenvalue weighted by molar-refractivity contribution is -0.0351. The smallest absolute Gasteiger partial charge is 0.174 e. The molecular weight excluding hydrogens is 146 g/mol. The molecule has 0 saturated carbocycles. The van der Waals surface area contributed by atoms with Gasteiger partial charge in [-0.15, -0.1) is 0 Å². The molecule has 0 aliphatic rings. The monoisotopic (exact) mass is 155 g/mol. The molecule has 60 valence electrons. The second-order valence-electron chi connectivity index (χ2n) is 1.90. The third-order valence-electron chi connectivity index (χ3n) is 1.12. The highest BCUT2D eigenvalue weighted by molar-refractivity contribution is 5.41. The van der Waals surface area contributed by atoms with Crippen molar-refractivity contribution < 1.29 is 14.4 Å². The average molecular weight is 155 g/mol. The molecule has 1 unspecified atom stereocenters. The fourth-order valence-electron chi connectivity index (χ4n) is 0.567. The van der Waals surface area contributed by atoms with Crippen LogP contribution in [0.3, 0.4) is 0 Å². The van der Waals surface area contributed by atoms with Gasteiger partial charge in [-0.05, 0) is 12.2 Å². The Labute approximate surface area is 64.1 Å². The predicted octanol–water partition coefficient (Wildman–Crippen LogP) is 0.653. The number of rotatable bonds is 3. The zero-order valence-electron chi connectivity index (χ0n) is 6.10. The zero-order valence-corrected chi connectivity index (χ0v) is 6.10. The van der Waals surface area contributed by atoms with E-state index in [4.69, 9.17) is 9.63 Å². The van der Waals surface area contributed by atoms with Crippen molar-refractivity contribution in [2.75, 3.05) is 7.11 Å². The van der Waals surface area contributed by atoms with Crippen LogP contribution in [0.4, 0.5) is 0 Å². The van der Waals surface area contributed by atoms with Gasteiger partial charge in [0.2, 0.25) is 0 Å². The molecule has 0 amide bonds. The van der Waals surface area contributed by atoms with E-state index in [1.807, 2.05) is 0 Å². The summed E-state index contributed by atoms with van der Waals surface area (Å²) >= 11 is 0. The van der Waals surface area contributed by atoms with Crippen LogP contribution in [0, 0.1) is 0 Å². The molecule has 11 heavy (non-hydrogen) atoms. The SMILES string of the molecule is COC(O)/C=C/c1ccno1. The highest BCUT2D eigenvalue weighted by atomic mass is 16.6. The van der Waals surface area contributed by atoms with Crippen molar-refractivity contribution in [2.45, 2.75) is 6.29 Å². The van der Waals surface area contributed by atoms with Gasteiger partial charge in [0.15, 0.2) is 12.1 Å². The number of aliphatic hydroxyl groups excluding tert-OH is 1. The van der Waals surface area contributed by atoms with Crippen molar-refractivity contribution in [1.29, 1.82) is 0 Å². The number of hydrogen-bond donors (Lipinski definition) is 1. The number of aromatic nitrogens is 1. The van der Waals surface area contributed by atoms with Gasteiger partial charge in [0.25, 0.3) is 0 Å². The largest absolute Gasteiger partial charge is 0.365 e. The second kappa shape index (κ2) is 3.90. The number of nitrogens with zero attached hydrogens (tertiary/aromatic N) is 1. The van der Waals surface area contributed by atoms with Gasteiger partial charge >= 0.3 is 0 Å². The summed E-state index contributed by atoms with van der Waals surface area (Å²) in [5, 5.41) is 12.4. The maximum absolute atomic E-state index is 8.89. The van der Waals surface area contributed by atoms with Crippen LogP contribution in [-0.2, 0) is 4.74 Å². The normalized spacial score (nSPS) is 14.0.